The van der Waals surface area contributed by atoms with Gasteiger partial charge in [-0.3, -0.25) is 10.4 Å². The van der Waals surface area contributed by atoms with Gasteiger partial charge in [-0.15, -0.1) is 0 Å². The van der Waals surface area contributed by atoms with Gasteiger partial charge < -0.3 is 4.74 Å². The third kappa shape index (κ3) is 3.15. The zero-order valence-corrected chi connectivity index (χ0v) is 13.8. The van der Waals surface area contributed by atoms with Gasteiger partial charge >= 0.3 is 0 Å². The molecule has 0 saturated heterocycles. The lowest BCUT2D eigenvalue weighted by molar-refractivity contribution is 0.415. The van der Waals surface area contributed by atoms with Crippen molar-refractivity contribution in [2.24, 2.45) is 5.10 Å². The zero-order valence-electron chi connectivity index (χ0n) is 13.8. The van der Waals surface area contributed by atoms with Gasteiger partial charge in [0, 0.05) is 17.6 Å². The molecule has 0 unspecified atom stereocenters. The summed E-state index contributed by atoms with van der Waals surface area (Å²) >= 11 is 0. The molecule has 4 nitrogen and oxygen atoms in total. The normalized spacial score (nSPS) is 11.2. The number of aromatic nitrogens is 1. The second-order valence-electron chi connectivity index (χ2n) is 5.72. The van der Waals surface area contributed by atoms with Crippen LogP contribution < -0.4 is 10.2 Å². The largest absolute Gasteiger partial charge is 0.497 e. The molecule has 1 aromatic heterocycles. The van der Waals surface area contributed by atoms with Gasteiger partial charge in [-0.25, -0.2) is 0 Å². The topological polar surface area (TPSA) is 46.5 Å². The van der Waals surface area contributed by atoms with Crippen LogP contribution in [-0.4, -0.2) is 18.3 Å². The van der Waals surface area contributed by atoms with Crippen LogP contribution in [-0.2, 0) is 0 Å². The number of benzene rings is 3. The third-order valence-corrected chi connectivity index (χ3v) is 4.12. The predicted octanol–water partition coefficient (Wildman–Crippen LogP) is 4.84. The molecule has 0 saturated carbocycles. The van der Waals surface area contributed by atoms with E-state index in [1.54, 1.807) is 13.3 Å². The number of hydrazone groups is 1. The van der Waals surface area contributed by atoms with Crippen LogP contribution in [0.3, 0.4) is 0 Å². The molecule has 0 atom stereocenters. The number of nitrogens with one attached hydrogen (secondary N) is 1. The summed E-state index contributed by atoms with van der Waals surface area (Å²) in [5.41, 5.74) is 5.93. The van der Waals surface area contributed by atoms with E-state index in [0.717, 1.165) is 27.9 Å². The smallest absolute Gasteiger partial charge is 0.121 e. The maximum atomic E-state index is 5.25. The van der Waals surface area contributed by atoms with Crippen LogP contribution in [0.15, 0.2) is 78.0 Å². The average molecular weight is 327 g/mol. The fraction of sp³-hybridized carbons (Fsp3) is 0.0476. The standard InChI is InChI=1S/C21H17N3O/c1-25-18-8-9-19-20(10-11-22-21(19)13-18)24-23-14-15-6-7-16-4-2-3-5-17(16)12-15/h2-14H,1H3,(H,22,24)/b23-14+. The first-order valence-corrected chi connectivity index (χ1v) is 8.04. The summed E-state index contributed by atoms with van der Waals surface area (Å²) in [5, 5.41) is 7.80. The highest BCUT2D eigenvalue weighted by molar-refractivity contribution is 5.93. The van der Waals surface area contributed by atoms with Crippen molar-refractivity contribution in [2.75, 3.05) is 12.5 Å². The number of pyridine rings is 1. The molecule has 0 spiro atoms. The number of anilines is 1. The lowest BCUT2D eigenvalue weighted by Crippen LogP contribution is -1.93. The maximum Gasteiger partial charge on any atom is 0.121 e. The molecule has 122 valence electrons. The van der Waals surface area contributed by atoms with Crippen LogP contribution in [0, 0.1) is 0 Å². The zero-order chi connectivity index (χ0) is 17.1. The monoisotopic (exact) mass is 327 g/mol. The number of methoxy groups -OCH3 is 1. The Bertz CT molecular complexity index is 1070. The highest BCUT2D eigenvalue weighted by Crippen LogP contribution is 2.25. The van der Waals surface area contributed by atoms with Crippen LogP contribution in [0.4, 0.5) is 5.69 Å². The molecule has 1 heterocycles. The first-order chi connectivity index (χ1) is 12.3. The summed E-state index contributed by atoms with van der Waals surface area (Å²) in [6.07, 6.45) is 3.58. The van der Waals surface area contributed by atoms with Crippen molar-refractivity contribution in [1.29, 1.82) is 0 Å². The fourth-order valence-corrected chi connectivity index (χ4v) is 2.82. The molecule has 0 aliphatic heterocycles. The van der Waals surface area contributed by atoms with E-state index in [1.165, 1.54) is 10.8 Å². The highest BCUT2D eigenvalue weighted by Gasteiger charge is 2.02. The molecule has 0 bridgehead atoms. The Kier molecular flexibility index (Phi) is 4.01. The highest BCUT2D eigenvalue weighted by atomic mass is 16.5. The predicted molar refractivity (Wildman–Crippen MR) is 103 cm³/mol. The summed E-state index contributed by atoms with van der Waals surface area (Å²) in [7, 11) is 1.65. The van der Waals surface area contributed by atoms with Crippen molar-refractivity contribution in [2.45, 2.75) is 0 Å². The van der Waals surface area contributed by atoms with Crippen LogP contribution in [0.5, 0.6) is 5.75 Å². The summed E-state index contributed by atoms with van der Waals surface area (Å²) in [6.45, 7) is 0. The van der Waals surface area contributed by atoms with Crippen molar-refractivity contribution in [3.05, 3.63) is 78.5 Å². The average Bonchev–Trinajstić information content (AvgIpc) is 2.67. The molecule has 1 N–H and O–H groups in total. The molecule has 4 aromatic rings. The molecular formula is C21H17N3O. The van der Waals surface area contributed by atoms with E-state index in [-0.39, 0.29) is 0 Å². The van der Waals surface area contributed by atoms with Gasteiger partial charge in [-0.2, -0.15) is 5.10 Å². The van der Waals surface area contributed by atoms with Gasteiger partial charge in [-0.1, -0.05) is 36.4 Å². The minimum atomic E-state index is 0.789. The van der Waals surface area contributed by atoms with Crippen LogP contribution in [0.2, 0.25) is 0 Å². The Morgan fingerprint density at radius 2 is 1.84 bits per heavy atom. The SMILES string of the molecule is COc1ccc2c(N/N=C/c3ccc4ccccc4c3)ccnc2c1. The number of fused-ring (bicyclic) bond motifs is 2. The van der Waals surface area contributed by atoms with Gasteiger partial charge in [0.2, 0.25) is 0 Å². The van der Waals surface area contributed by atoms with E-state index in [2.05, 4.69) is 45.8 Å². The molecule has 0 radical (unpaired) electrons. The van der Waals surface area contributed by atoms with E-state index < -0.39 is 0 Å². The van der Waals surface area contributed by atoms with Gasteiger partial charge in [0.15, 0.2) is 0 Å². The van der Waals surface area contributed by atoms with E-state index in [4.69, 9.17) is 4.74 Å². The lowest BCUT2D eigenvalue weighted by Gasteiger charge is -2.06. The summed E-state index contributed by atoms with van der Waals surface area (Å²) in [6, 6.07) is 22.3. The molecule has 0 aliphatic carbocycles. The molecule has 0 aliphatic rings. The minimum absolute atomic E-state index is 0.789. The fourth-order valence-electron chi connectivity index (χ4n) is 2.82. The van der Waals surface area contributed by atoms with E-state index >= 15 is 0 Å². The van der Waals surface area contributed by atoms with Crippen molar-refractivity contribution in [1.82, 2.24) is 4.98 Å². The molecular weight excluding hydrogens is 310 g/mol. The summed E-state index contributed by atoms with van der Waals surface area (Å²) in [4.78, 5) is 4.38. The van der Waals surface area contributed by atoms with Crippen LogP contribution in [0.25, 0.3) is 21.7 Å². The number of ether oxygens (including phenoxy) is 1. The first kappa shape index (κ1) is 15.1. The molecule has 0 fully saturated rings. The van der Waals surface area contributed by atoms with Crippen molar-refractivity contribution < 1.29 is 4.74 Å². The number of nitrogens with zero attached hydrogens (tertiary/aromatic N) is 2. The Morgan fingerprint density at radius 1 is 0.960 bits per heavy atom. The second kappa shape index (κ2) is 6.61. The van der Waals surface area contributed by atoms with Gasteiger partial charge in [0.25, 0.3) is 0 Å². The van der Waals surface area contributed by atoms with Gasteiger partial charge in [0.05, 0.1) is 24.5 Å². The lowest BCUT2D eigenvalue weighted by atomic mass is 10.1. The van der Waals surface area contributed by atoms with Crippen molar-refractivity contribution in [3.63, 3.8) is 0 Å². The van der Waals surface area contributed by atoms with Gasteiger partial charge in [0.1, 0.15) is 5.75 Å². The molecule has 4 heteroatoms. The quantitative estimate of drug-likeness (QED) is 0.431. The Morgan fingerprint density at radius 3 is 2.72 bits per heavy atom. The molecule has 4 rings (SSSR count). The maximum absolute atomic E-state index is 5.25. The second-order valence-corrected chi connectivity index (χ2v) is 5.72. The number of rotatable bonds is 4. The molecule has 3 aromatic carbocycles. The molecule has 25 heavy (non-hydrogen) atoms. The Labute approximate surface area is 145 Å². The van der Waals surface area contributed by atoms with Crippen molar-refractivity contribution in [3.8, 4) is 5.75 Å². The first-order valence-electron chi connectivity index (χ1n) is 8.04. The van der Waals surface area contributed by atoms with Crippen LogP contribution in [0.1, 0.15) is 5.56 Å². The molecule has 0 amide bonds. The van der Waals surface area contributed by atoms with Gasteiger partial charge in [-0.05, 0) is 40.6 Å². The van der Waals surface area contributed by atoms with Crippen molar-refractivity contribution >= 4 is 33.6 Å². The van der Waals surface area contributed by atoms with E-state index in [1.807, 2.05) is 42.6 Å². The van der Waals surface area contributed by atoms with E-state index in [9.17, 15) is 0 Å². The number of hydrogen-bond donors (Lipinski definition) is 1. The Hall–Kier alpha value is -3.40. The van der Waals surface area contributed by atoms with E-state index in [0.29, 0.717) is 0 Å². The summed E-state index contributed by atoms with van der Waals surface area (Å²) in [5.74, 6) is 0.789. The number of hydrogen-bond acceptors (Lipinski definition) is 4. The third-order valence-electron chi connectivity index (χ3n) is 4.12. The summed E-state index contributed by atoms with van der Waals surface area (Å²) < 4.78 is 5.25. The van der Waals surface area contributed by atoms with Crippen LogP contribution >= 0.6 is 0 Å². The Balaban J connectivity index is 1.59. The minimum Gasteiger partial charge on any atom is -0.497 e.